The summed E-state index contributed by atoms with van der Waals surface area (Å²) in [5.41, 5.74) is 5.73. The molecule has 0 atom stereocenters. The number of aromatic nitrogens is 2. The molecule has 0 unspecified atom stereocenters. The van der Waals surface area contributed by atoms with Crippen molar-refractivity contribution in [2.24, 2.45) is 0 Å². The number of pyridine rings is 2. The number of nitrogens with zero attached hydrogens (tertiary/aromatic N) is 4. The molecule has 2 aromatic heterocycles. The molecule has 2 heterocycles. The Bertz CT molecular complexity index is 1260. The van der Waals surface area contributed by atoms with Crippen LogP contribution < -0.4 is 0 Å². The first kappa shape index (κ1) is 21.2. The van der Waals surface area contributed by atoms with Crippen LogP contribution in [0.4, 0.5) is 0 Å². The topological polar surface area (TPSA) is 69.9 Å². The van der Waals surface area contributed by atoms with E-state index in [0.717, 1.165) is 38.9 Å². The summed E-state index contributed by atoms with van der Waals surface area (Å²) in [5.74, 6) is -0.0264. The molecule has 0 spiro atoms. The van der Waals surface area contributed by atoms with Crippen LogP contribution in [0.15, 0.2) is 79.1 Å². The van der Waals surface area contributed by atoms with E-state index < -0.39 is 0 Å². The highest BCUT2D eigenvalue weighted by Crippen LogP contribution is 2.33. The summed E-state index contributed by atoms with van der Waals surface area (Å²) in [6.07, 6.45) is 3.97. The molecule has 158 valence electrons. The third-order valence-electron chi connectivity index (χ3n) is 5.53. The molecule has 32 heavy (non-hydrogen) atoms. The van der Waals surface area contributed by atoms with Crippen LogP contribution in [0.25, 0.3) is 22.0 Å². The van der Waals surface area contributed by atoms with Crippen molar-refractivity contribution < 1.29 is 4.79 Å². The maximum absolute atomic E-state index is 13.5. The summed E-state index contributed by atoms with van der Waals surface area (Å²) in [6.45, 7) is 2.77. The standard InChI is InChI=1S/C27H24N4O/c1-20-24(17-26(32)31(16-8-14-28)19-21-9-7-15-29-18-21)27(22-10-3-2-4-11-22)23-12-5-6-13-25(23)30-20/h2-7,9-13,15,18H,8,16-17,19H2,1H3. The quantitative estimate of drug-likeness (QED) is 0.418. The van der Waals surface area contributed by atoms with Crippen molar-refractivity contribution in [2.75, 3.05) is 6.54 Å². The number of carbonyl (C=O) groups is 1. The largest absolute Gasteiger partial charge is 0.337 e. The maximum atomic E-state index is 13.5. The molecule has 0 N–H and O–H groups in total. The van der Waals surface area contributed by atoms with Crippen molar-refractivity contribution in [1.82, 2.24) is 14.9 Å². The molecule has 0 aliphatic heterocycles. The van der Waals surface area contributed by atoms with Crippen molar-refractivity contribution in [2.45, 2.75) is 26.3 Å². The Balaban J connectivity index is 1.74. The van der Waals surface area contributed by atoms with Crippen LogP contribution in [-0.2, 0) is 17.8 Å². The molecule has 0 radical (unpaired) electrons. The van der Waals surface area contributed by atoms with Gasteiger partial charge in [0.25, 0.3) is 0 Å². The Hall–Kier alpha value is -4.04. The van der Waals surface area contributed by atoms with Gasteiger partial charge in [0.05, 0.1) is 24.4 Å². The zero-order valence-electron chi connectivity index (χ0n) is 18.0. The Kier molecular flexibility index (Phi) is 6.52. The van der Waals surface area contributed by atoms with Crippen molar-refractivity contribution in [3.8, 4) is 17.2 Å². The van der Waals surface area contributed by atoms with Gasteiger partial charge in [0.1, 0.15) is 0 Å². The fourth-order valence-corrected chi connectivity index (χ4v) is 3.98. The molecule has 4 rings (SSSR count). The molecule has 0 saturated heterocycles. The molecule has 0 bridgehead atoms. The zero-order valence-corrected chi connectivity index (χ0v) is 18.0. The summed E-state index contributed by atoms with van der Waals surface area (Å²) < 4.78 is 0. The van der Waals surface area contributed by atoms with E-state index in [2.05, 4.69) is 29.3 Å². The lowest BCUT2D eigenvalue weighted by Gasteiger charge is -2.23. The lowest BCUT2D eigenvalue weighted by Crippen LogP contribution is -2.33. The van der Waals surface area contributed by atoms with E-state index in [1.54, 1.807) is 17.3 Å². The first-order chi connectivity index (χ1) is 15.7. The predicted octanol–water partition coefficient (Wildman–Crippen LogP) is 5.09. The van der Waals surface area contributed by atoms with Gasteiger partial charge in [0, 0.05) is 36.6 Å². The van der Waals surface area contributed by atoms with Gasteiger partial charge >= 0.3 is 0 Å². The second-order valence-electron chi connectivity index (χ2n) is 7.70. The van der Waals surface area contributed by atoms with E-state index in [0.29, 0.717) is 13.1 Å². The molecular formula is C27H24N4O. The number of benzene rings is 2. The number of hydrogen-bond donors (Lipinski definition) is 0. The summed E-state index contributed by atoms with van der Waals surface area (Å²) >= 11 is 0. The maximum Gasteiger partial charge on any atom is 0.227 e. The minimum atomic E-state index is -0.0264. The van der Waals surface area contributed by atoms with Crippen LogP contribution in [0.3, 0.4) is 0 Å². The van der Waals surface area contributed by atoms with Crippen molar-refractivity contribution in [3.63, 3.8) is 0 Å². The lowest BCUT2D eigenvalue weighted by atomic mass is 9.92. The van der Waals surface area contributed by atoms with Gasteiger partial charge in [-0.1, -0.05) is 54.6 Å². The molecule has 0 aliphatic carbocycles. The van der Waals surface area contributed by atoms with Crippen LogP contribution >= 0.6 is 0 Å². The fraction of sp³-hybridized carbons (Fsp3) is 0.185. The molecule has 0 saturated carbocycles. The monoisotopic (exact) mass is 420 g/mol. The van der Waals surface area contributed by atoms with Gasteiger partial charge in [-0.3, -0.25) is 14.8 Å². The first-order valence-electron chi connectivity index (χ1n) is 10.6. The normalized spacial score (nSPS) is 10.6. The number of amides is 1. The molecule has 5 heteroatoms. The summed E-state index contributed by atoms with van der Waals surface area (Å²) in [4.78, 5) is 24.1. The number of rotatable bonds is 7. The van der Waals surface area contributed by atoms with Crippen molar-refractivity contribution >= 4 is 16.8 Å². The number of fused-ring (bicyclic) bond motifs is 1. The van der Waals surface area contributed by atoms with Crippen LogP contribution in [0.1, 0.15) is 23.2 Å². The van der Waals surface area contributed by atoms with E-state index in [9.17, 15) is 4.79 Å². The zero-order chi connectivity index (χ0) is 22.3. The Morgan fingerprint density at radius 1 is 1.03 bits per heavy atom. The Morgan fingerprint density at radius 2 is 1.81 bits per heavy atom. The molecule has 2 aromatic carbocycles. The molecule has 0 aliphatic rings. The number of carbonyl (C=O) groups excluding carboxylic acids is 1. The first-order valence-corrected chi connectivity index (χ1v) is 10.6. The van der Waals surface area contributed by atoms with Gasteiger partial charge < -0.3 is 4.90 Å². The van der Waals surface area contributed by atoms with Crippen molar-refractivity contribution in [3.05, 3.63) is 95.9 Å². The fourth-order valence-electron chi connectivity index (χ4n) is 3.98. The average molecular weight is 421 g/mol. The second-order valence-corrected chi connectivity index (χ2v) is 7.70. The minimum absolute atomic E-state index is 0.0264. The Labute approximate surface area is 188 Å². The second kappa shape index (κ2) is 9.84. The average Bonchev–Trinajstić information content (AvgIpc) is 2.83. The van der Waals surface area contributed by atoms with Crippen LogP contribution in [-0.4, -0.2) is 27.3 Å². The summed E-state index contributed by atoms with van der Waals surface area (Å²) in [7, 11) is 0. The summed E-state index contributed by atoms with van der Waals surface area (Å²) in [6, 6.07) is 24.1. The van der Waals surface area contributed by atoms with Gasteiger partial charge in [0.2, 0.25) is 5.91 Å². The predicted molar refractivity (Wildman–Crippen MR) is 126 cm³/mol. The van der Waals surface area contributed by atoms with Gasteiger partial charge in [0.15, 0.2) is 0 Å². The summed E-state index contributed by atoms with van der Waals surface area (Å²) in [5, 5.41) is 10.1. The molecular weight excluding hydrogens is 396 g/mol. The van der Waals surface area contributed by atoms with Crippen molar-refractivity contribution in [1.29, 1.82) is 5.26 Å². The molecule has 4 aromatic rings. The third kappa shape index (κ3) is 4.65. The van der Waals surface area contributed by atoms with E-state index in [1.807, 2.05) is 55.5 Å². The van der Waals surface area contributed by atoms with E-state index in [1.165, 1.54) is 0 Å². The molecule has 5 nitrogen and oxygen atoms in total. The van der Waals surface area contributed by atoms with Gasteiger partial charge in [-0.25, -0.2) is 0 Å². The van der Waals surface area contributed by atoms with E-state index in [4.69, 9.17) is 10.2 Å². The lowest BCUT2D eigenvalue weighted by molar-refractivity contribution is -0.131. The number of hydrogen-bond acceptors (Lipinski definition) is 4. The highest BCUT2D eigenvalue weighted by Gasteiger charge is 2.21. The minimum Gasteiger partial charge on any atom is -0.337 e. The van der Waals surface area contributed by atoms with Crippen LogP contribution in [0, 0.1) is 18.3 Å². The molecule has 1 amide bonds. The van der Waals surface area contributed by atoms with Gasteiger partial charge in [-0.2, -0.15) is 5.26 Å². The van der Waals surface area contributed by atoms with Crippen LogP contribution in [0.2, 0.25) is 0 Å². The van der Waals surface area contributed by atoms with Gasteiger partial charge in [-0.15, -0.1) is 0 Å². The number of nitriles is 1. The van der Waals surface area contributed by atoms with Crippen LogP contribution in [0.5, 0.6) is 0 Å². The van der Waals surface area contributed by atoms with Gasteiger partial charge in [-0.05, 0) is 41.3 Å². The van der Waals surface area contributed by atoms with E-state index >= 15 is 0 Å². The van der Waals surface area contributed by atoms with E-state index in [-0.39, 0.29) is 18.7 Å². The number of aryl methyl sites for hydroxylation is 1. The molecule has 0 fully saturated rings. The highest BCUT2D eigenvalue weighted by atomic mass is 16.2. The SMILES string of the molecule is Cc1nc2ccccc2c(-c2ccccc2)c1CC(=O)N(CCC#N)Cc1cccnc1. The number of para-hydroxylation sites is 1. The third-order valence-corrected chi connectivity index (χ3v) is 5.53. The Morgan fingerprint density at radius 3 is 2.56 bits per heavy atom. The smallest absolute Gasteiger partial charge is 0.227 e. The highest BCUT2D eigenvalue weighted by molar-refractivity contribution is 5.98.